The third kappa shape index (κ3) is 2.62. The van der Waals surface area contributed by atoms with Gasteiger partial charge in [-0.2, -0.15) is 0 Å². The van der Waals surface area contributed by atoms with Gasteiger partial charge in [0.15, 0.2) is 11.5 Å². The molecule has 19 heavy (non-hydrogen) atoms. The number of methoxy groups -OCH3 is 1. The lowest BCUT2D eigenvalue weighted by Crippen LogP contribution is -2.35. The van der Waals surface area contributed by atoms with Crippen molar-refractivity contribution in [3.63, 3.8) is 0 Å². The molecule has 5 nitrogen and oxygen atoms in total. The summed E-state index contributed by atoms with van der Waals surface area (Å²) in [4.78, 5) is 0. The Balaban J connectivity index is 1.58. The number of hydrogen-bond donors (Lipinski definition) is 2. The molecule has 1 aromatic carbocycles. The maximum absolute atomic E-state index is 9.23. The lowest BCUT2D eigenvalue weighted by atomic mass is 9.82. The Morgan fingerprint density at radius 2 is 2.21 bits per heavy atom. The van der Waals surface area contributed by atoms with Crippen molar-refractivity contribution in [2.24, 2.45) is 5.92 Å². The molecule has 0 spiro atoms. The van der Waals surface area contributed by atoms with Gasteiger partial charge in [-0.3, -0.25) is 0 Å². The Morgan fingerprint density at radius 3 is 2.95 bits per heavy atom. The van der Waals surface area contributed by atoms with Crippen LogP contribution in [0.15, 0.2) is 12.1 Å². The second kappa shape index (κ2) is 5.27. The van der Waals surface area contributed by atoms with E-state index < -0.39 is 0 Å². The minimum Gasteiger partial charge on any atom is -0.493 e. The van der Waals surface area contributed by atoms with Crippen LogP contribution in [0.3, 0.4) is 0 Å². The van der Waals surface area contributed by atoms with E-state index in [1.165, 1.54) is 0 Å². The molecule has 0 bridgehead atoms. The Bertz CT molecular complexity index is 457. The topological polar surface area (TPSA) is 60.0 Å². The molecule has 1 saturated carbocycles. The van der Waals surface area contributed by atoms with Crippen molar-refractivity contribution in [3.05, 3.63) is 17.7 Å². The van der Waals surface area contributed by atoms with E-state index in [2.05, 4.69) is 5.32 Å². The molecule has 3 rings (SSSR count). The predicted octanol–water partition coefficient (Wildman–Crippen LogP) is 1.28. The quantitative estimate of drug-likeness (QED) is 0.840. The molecule has 1 heterocycles. The van der Waals surface area contributed by atoms with Gasteiger partial charge in [-0.1, -0.05) is 0 Å². The van der Waals surface area contributed by atoms with Crippen molar-refractivity contribution in [3.8, 4) is 17.2 Å². The maximum Gasteiger partial charge on any atom is 0.231 e. The highest BCUT2D eigenvalue weighted by Gasteiger charge is 2.26. The average Bonchev–Trinajstić information content (AvgIpc) is 2.83. The Hall–Kier alpha value is -1.46. The molecule has 0 aromatic heterocycles. The molecule has 5 heteroatoms. The number of nitrogens with one attached hydrogen (secondary N) is 1. The summed E-state index contributed by atoms with van der Waals surface area (Å²) in [5, 5.41) is 12.6. The van der Waals surface area contributed by atoms with Crippen LogP contribution in [0.2, 0.25) is 0 Å². The first kappa shape index (κ1) is 12.6. The Labute approximate surface area is 112 Å². The van der Waals surface area contributed by atoms with Crippen LogP contribution in [0.25, 0.3) is 0 Å². The normalized spacial score (nSPS) is 24.1. The van der Waals surface area contributed by atoms with Crippen LogP contribution < -0.4 is 19.5 Å². The van der Waals surface area contributed by atoms with E-state index in [4.69, 9.17) is 14.2 Å². The number of ether oxygens (including phenoxy) is 3. The molecule has 0 atom stereocenters. The summed E-state index contributed by atoms with van der Waals surface area (Å²) in [7, 11) is 1.63. The summed E-state index contributed by atoms with van der Waals surface area (Å²) < 4.78 is 16.1. The number of fused-ring (bicyclic) bond motifs is 1. The van der Waals surface area contributed by atoms with Gasteiger partial charge in [-0.15, -0.1) is 0 Å². The van der Waals surface area contributed by atoms with E-state index in [-0.39, 0.29) is 12.9 Å². The van der Waals surface area contributed by atoms with Gasteiger partial charge in [0.25, 0.3) is 0 Å². The number of hydrogen-bond acceptors (Lipinski definition) is 5. The number of aliphatic hydroxyl groups is 1. The zero-order chi connectivity index (χ0) is 13.2. The largest absolute Gasteiger partial charge is 0.493 e. The first-order chi connectivity index (χ1) is 9.26. The van der Waals surface area contributed by atoms with E-state index in [1.54, 1.807) is 7.11 Å². The molecule has 2 N–H and O–H groups in total. The highest BCUT2D eigenvalue weighted by molar-refractivity contribution is 5.55. The van der Waals surface area contributed by atoms with Crippen LogP contribution in [0.4, 0.5) is 0 Å². The highest BCUT2D eigenvalue weighted by Crippen LogP contribution is 2.41. The smallest absolute Gasteiger partial charge is 0.231 e. The molecule has 1 aliphatic carbocycles. The number of benzene rings is 1. The average molecular weight is 265 g/mol. The van der Waals surface area contributed by atoms with Crippen molar-refractivity contribution < 1.29 is 19.3 Å². The summed E-state index contributed by atoms with van der Waals surface area (Å²) in [5.41, 5.74) is 1.11. The number of aliphatic hydroxyl groups excluding tert-OH is 1. The molecule has 1 aliphatic heterocycles. The standard InChI is InChI=1S/C14H19NO4/c1-17-12-4-10(5-13-14(12)19-8-18-13)7-15-6-9-2-11(16)3-9/h4-5,9,11,15-16H,2-3,6-8H2,1H3. The summed E-state index contributed by atoms with van der Waals surface area (Å²) >= 11 is 0. The third-order valence-electron chi connectivity index (χ3n) is 3.69. The van der Waals surface area contributed by atoms with E-state index >= 15 is 0 Å². The maximum atomic E-state index is 9.23. The Kier molecular flexibility index (Phi) is 3.48. The lowest BCUT2D eigenvalue weighted by molar-refractivity contribution is 0.0430. The first-order valence-corrected chi connectivity index (χ1v) is 6.61. The minimum atomic E-state index is -0.0857. The molecule has 0 unspecified atom stereocenters. The summed E-state index contributed by atoms with van der Waals surface area (Å²) in [5.74, 6) is 2.75. The fourth-order valence-electron chi connectivity index (χ4n) is 2.57. The van der Waals surface area contributed by atoms with Crippen LogP contribution >= 0.6 is 0 Å². The molecular formula is C14H19NO4. The summed E-state index contributed by atoms with van der Waals surface area (Å²) in [6, 6.07) is 3.95. The van der Waals surface area contributed by atoms with Gasteiger partial charge in [-0.05, 0) is 43.0 Å². The minimum absolute atomic E-state index is 0.0857. The van der Waals surface area contributed by atoms with Crippen LogP contribution in [-0.2, 0) is 6.54 Å². The van der Waals surface area contributed by atoms with Crippen LogP contribution in [0, 0.1) is 5.92 Å². The van der Waals surface area contributed by atoms with E-state index in [9.17, 15) is 5.11 Å². The van der Waals surface area contributed by atoms with Crippen LogP contribution in [-0.4, -0.2) is 31.7 Å². The zero-order valence-electron chi connectivity index (χ0n) is 11.0. The molecule has 0 amide bonds. The Morgan fingerprint density at radius 1 is 1.37 bits per heavy atom. The second-order valence-electron chi connectivity index (χ2n) is 5.15. The third-order valence-corrected chi connectivity index (χ3v) is 3.69. The summed E-state index contributed by atoms with van der Waals surface area (Å²) in [6.45, 7) is 1.95. The second-order valence-corrected chi connectivity index (χ2v) is 5.15. The summed E-state index contributed by atoms with van der Waals surface area (Å²) in [6.07, 6.45) is 1.74. The highest BCUT2D eigenvalue weighted by atomic mass is 16.7. The molecule has 2 aliphatic rings. The van der Waals surface area contributed by atoms with Gasteiger partial charge in [0.05, 0.1) is 13.2 Å². The van der Waals surface area contributed by atoms with Crippen molar-refractivity contribution in [2.75, 3.05) is 20.4 Å². The van der Waals surface area contributed by atoms with Gasteiger partial charge < -0.3 is 24.6 Å². The first-order valence-electron chi connectivity index (χ1n) is 6.61. The SMILES string of the molecule is COc1cc(CNCC2CC(O)C2)cc2c1OCO2. The fourth-order valence-corrected chi connectivity index (χ4v) is 2.57. The lowest BCUT2D eigenvalue weighted by Gasteiger charge is -2.31. The monoisotopic (exact) mass is 265 g/mol. The van der Waals surface area contributed by atoms with Crippen LogP contribution in [0.1, 0.15) is 18.4 Å². The number of rotatable bonds is 5. The predicted molar refractivity (Wildman–Crippen MR) is 69.6 cm³/mol. The van der Waals surface area contributed by atoms with Gasteiger partial charge >= 0.3 is 0 Å². The molecular weight excluding hydrogens is 246 g/mol. The fraction of sp³-hybridized carbons (Fsp3) is 0.571. The molecule has 104 valence electrons. The van der Waals surface area contributed by atoms with Crippen LogP contribution in [0.5, 0.6) is 17.2 Å². The van der Waals surface area contributed by atoms with Gasteiger partial charge in [0.2, 0.25) is 12.5 Å². The van der Waals surface area contributed by atoms with E-state index in [1.807, 2.05) is 12.1 Å². The molecule has 1 fully saturated rings. The van der Waals surface area contributed by atoms with E-state index in [0.717, 1.165) is 37.2 Å². The van der Waals surface area contributed by atoms with Crippen molar-refractivity contribution in [1.29, 1.82) is 0 Å². The van der Waals surface area contributed by atoms with Gasteiger partial charge in [0.1, 0.15) is 0 Å². The van der Waals surface area contributed by atoms with Crippen molar-refractivity contribution in [2.45, 2.75) is 25.5 Å². The molecule has 1 aromatic rings. The molecule has 0 radical (unpaired) electrons. The molecule has 0 saturated heterocycles. The van der Waals surface area contributed by atoms with Gasteiger partial charge in [0, 0.05) is 6.54 Å². The van der Waals surface area contributed by atoms with Crippen molar-refractivity contribution in [1.82, 2.24) is 5.32 Å². The zero-order valence-corrected chi connectivity index (χ0v) is 11.0. The van der Waals surface area contributed by atoms with E-state index in [0.29, 0.717) is 17.4 Å². The van der Waals surface area contributed by atoms with Gasteiger partial charge in [-0.25, -0.2) is 0 Å². The van der Waals surface area contributed by atoms with Crippen molar-refractivity contribution >= 4 is 0 Å².